The van der Waals surface area contributed by atoms with Gasteiger partial charge in [0, 0.05) is 11.5 Å². The van der Waals surface area contributed by atoms with E-state index in [9.17, 15) is 4.39 Å². The monoisotopic (exact) mass is 188 g/mol. The zero-order valence-electron chi connectivity index (χ0n) is 5.92. The molecule has 0 amide bonds. The summed E-state index contributed by atoms with van der Waals surface area (Å²) < 4.78 is 13.2. The Hall–Kier alpha value is -0.150. The molecule has 0 nitrogen and oxygen atoms in total. The Morgan fingerprint density at radius 2 is 1.55 bits per heavy atom. The minimum absolute atomic E-state index is 0.169. The van der Waals surface area contributed by atoms with E-state index >= 15 is 0 Å². The Balaban J connectivity index is 3.10. The highest BCUT2D eigenvalue weighted by Gasteiger charge is 2.03. The predicted molar refractivity (Wildman–Crippen MR) is 51.8 cm³/mol. The molecule has 0 spiro atoms. The summed E-state index contributed by atoms with van der Waals surface area (Å²) in [6.45, 7) is 0. The van der Waals surface area contributed by atoms with Crippen molar-refractivity contribution in [1.82, 2.24) is 0 Å². The summed E-state index contributed by atoms with van der Waals surface area (Å²) in [7, 11) is 0. The summed E-state index contributed by atoms with van der Waals surface area (Å²) >= 11 is 8.00. The molecule has 11 heavy (non-hydrogen) atoms. The molecule has 60 valence electrons. The van der Waals surface area contributed by atoms with Gasteiger partial charge in [0.05, 0.1) is 0 Å². The highest BCUT2D eigenvalue weighted by molar-refractivity contribution is 7.79. The van der Waals surface area contributed by atoms with Gasteiger partial charge < -0.3 is 0 Å². The van der Waals surface area contributed by atoms with Gasteiger partial charge in [0.15, 0.2) is 0 Å². The molecule has 0 aliphatic rings. The normalized spacial score (nSPS) is 10.1. The van der Waals surface area contributed by atoms with Crippen LogP contribution in [0.4, 0.5) is 4.39 Å². The molecule has 0 bridgehead atoms. The summed E-state index contributed by atoms with van der Waals surface area (Å²) in [5.41, 5.74) is 1.28. The number of hydrogen-bond donors (Lipinski definition) is 2. The van der Waals surface area contributed by atoms with Crippen LogP contribution in [-0.4, -0.2) is 0 Å². The van der Waals surface area contributed by atoms with Crippen molar-refractivity contribution in [3.8, 4) is 0 Å². The second kappa shape index (κ2) is 4.02. The van der Waals surface area contributed by atoms with E-state index < -0.39 is 0 Å². The van der Waals surface area contributed by atoms with E-state index in [0.717, 1.165) is 0 Å². The van der Waals surface area contributed by atoms with E-state index in [4.69, 9.17) is 0 Å². The number of benzene rings is 1. The third-order valence-electron chi connectivity index (χ3n) is 1.50. The Morgan fingerprint density at radius 1 is 1.09 bits per heavy atom. The largest absolute Gasteiger partial charge is 0.206 e. The van der Waals surface area contributed by atoms with Crippen molar-refractivity contribution in [2.75, 3.05) is 0 Å². The quantitative estimate of drug-likeness (QED) is 0.655. The van der Waals surface area contributed by atoms with Crippen LogP contribution in [0.3, 0.4) is 0 Å². The second-order valence-corrected chi connectivity index (χ2v) is 2.84. The maximum atomic E-state index is 13.2. The van der Waals surface area contributed by atoms with E-state index in [1.165, 1.54) is 0 Å². The maximum absolute atomic E-state index is 13.2. The molecule has 1 aromatic carbocycles. The minimum Gasteiger partial charge on any atom is -0.206 e. The van der Waals surface area contributed by atoms with Crippen molar-refractivity contribution in [2.45, 2.75) is 11.5 Å². The van der Waals surface area contributed by atoms with Gasteiger partial charge in [-0.2, -0.15) is 25.3 Å². The van der Waals surface area contributed by atoms with Gasteiger partial charge in [0.1, 0.15) is 5.82 Å². The first-order valence-electron chi connectivity index (χ1n) is 3.27. The van der Waals surface area contributed by atoms with Gasteiger partial charge in [-0.25, -0.2) is 4.39 Å². The molecule has 3 heteroatoms. The van der Waals surface area contributed by atoms with Crippen molar-refractivity contribution >= 4 is 25.3 Å². The first-order valence-corrected chi connectivity index (χ1v) is 4.54. The fraction of sp³-hybridized carbons (Fsp3) is 0.250. The highest BCUT2D eigenvalue weighted by Crippen LogP contribution is 2.15. The van der Waals surface area contributed by atoms with E-state index in [1.54, 1.807) is 12.1 Å². The van der Waals surface area contributed by atoms with Gasteiger partial charge in [0.2, 0.25) is 0 Å². The highest BCUT2D eigenvalue weighted by atomic mass is 32.1. The molecule has 0 N–H and O–H groups in total. The molecule has 0 aliphatic carbocycles. The predicted octanol–water partition coefficient (Wildman–Crippen LogP) is 2.69. The average molecular weight is 188 g/mol. The van der Waals surface area contributed by atoms with Crippen LogP contribution < -0.4 is 0 Å². The molecule has 0 unspecified atom stereocenters. The molecule has 0 saturated heterocycles. The van der Waals surface area contributed by atoms with Crippen molar-refractivity contribution in [3.63, 3.8) is 0 Å². The van der Waals surface area contributed by atoms with Crippen LogP contribution in [0.5, 0.6) is 0 Å². The Morgan fingerprint density at radius 3 is 1.91 bits per heavy atom. The molecule has 0 heterocycles. The molecule has 0 saturated carbocycles. The molecular formula is C8H9FS2. The summed E-state index contributed by atoms with van der Waals surface area (Å²) in [6, 6.07) is 5.28. The topological polar surface area (TPSA) is 0 Å². The van der Waals surface area contributed by atoms with E-state index in [-0.39, 0.29) is 5.82 Å². The Kier molecular flexibility index (Phi) is 3.27. The average Bonchev–Trinajstić information content (AvgIpc) is 2.05. The first kappa shape index (κ1) is 8.94. The van der Waals surface area contributed by atoms with Gasteiger partial charge in [-0.05, 0) is 11.1 Å². The third kappa shape index (κ3) is 1.91. The molecule has 0 aromatic heterocycles. The van der Waals surface area contributed by atoms with Crippen molar-refractivity contribution < 1.29 is 4.39 Å². The lowest BCUT2D eigenvalue weighted by Gasteiger charge is -2.02. The van der Waals surface area contributed by atoms with Crippen molar-refractivity contribution in [3.05, 3.63) is 35.1 Å². The van der Waals surface area contributed by atoms with Gasteiger partial charge in [-0.3, -0.25) is 0 Å². The fourth-order valence-corrected chi connectivity index (χ4v) is 1.37. The van der Waals surface area contributed by atoms with E-state index in [0.29, 0.717) is 22.6 Å². The van der Waals surface area contributed by atoms with Crippen LogP contribution in [0, 0.1) is 5.82 Å². The van der Waals surface area contributed by atoms with Gasteiger partial charge in [-0.15, -0.1) is 0 Å². The van der Waals surface area contributed by atoms with Gasteiger partial charge in [-0.1, -0.05) is 18.2 Å². The number of hydrogen-bond acceptors (Lipinski definition) is 2. The fourth-order valence-electron chi connectivity index (χ4n) is 0.877. The van der Waals surface area contributed by atoms with Crippen LogP contribution in [0.1, 0.15) is 11.1 Å². The lowest BCUT2D eigenvalue weighted by Crippen LogP contribution is -1.91. The number of thiol groups is 2. The van der Waals surface area contributed by atoms with Crippen LogP contribution >= 0.6 is 25.3 Å². The summed E-state index contributed by atoms with van der Waals surface area (Å²) in [6.07, 6.45) is 0. The van der Waals surface area contributed by atoms with Crippen LogP contribution in [-0.2, 0) is 11.5 Å². The molecule has 0 fully saturated rings. The molecular weight excluding hydrogens is 179 g/mol. The lowest BCUT2D eigenvalue weighted by atomic mass is 10.1. The molecule has 1 rings (SSSR count). The zero-order chi connectivity index (χ0) is 8.27. The lowest BCUT2D eigenvalue weighted by molar-refractivity contribution is 0.607. The standard InChI is InChI=1S/C8H9FS2/c9-8-6(4-10)2-1-3-7(8)5-11/h1-3,10-11H,4-5H2. The summed E-state index contributed by atoms with van der Waals surface area (Å²) in [4.78, 5) is 0. The van der Waals surface area contributed by atoms with Crippen LogP contribution in [0.2, 0.25) is 0 Å². The summed E-state index contributed by atoms with van der Waals surface area (Å²) in [5, 5.41) is 0. The zero-order valence-corrected chi connectivity index (χ0v) is 7.71. The van der Waals surface area contributed by atoms with Crippen LogP contribution in [0.25, 0.3) is 0 Å². The smallest absolute Gasteiger partial charge is 0.131 e. The first-order chi connectivity index (χ1) is 5.29. The van der Waals surface area contributed by atoms with Gasteiger partial charge in [0.25, 0.3) is 0 Å². The molecule has 0 aliphatic heterocycles. The third-order valence-corrected chi connectivity index (χ3v) is 2.18. The molecule has 0 atom stereocenters. The number of rotatable bonds is 2. The second-order valence-electron chi connectivity index (χ2n) is 2.21. The SMILES string of the molecule is Fc1c(CS)cccc1CS. The van der Waals surface area contributed by atoms with E-state index in [1.807, 2.05) is 6.07 Å². The van der Waals surface area contributed by atoms with Gasteiger partial charge >= 0.3 is 0 Å². The molecule has 0 radical (unpaired) electrons. The van der Waals surface area contributed by atoms with E-state index in [2.05, 4.69) is 25.3 Å². The van der Waals surface area contributed by atoms with Crippen molar-refractivity contribution in [2.24, 2.45) is 0 Å². The number of halogens is 1. The van der Waals surface area contributed by atoms with Crippen LogP contribution in [0.15, 0.2) is 18.2 Å². The Labute approximate surface area is 76.6 Å². The minimum atomic E-state index is -0.169. The summed E-state index contributed by atoms with van der Waals surface area (Å²) in [5.74, 6) is 0.707. The molecule has 1 aromatic rings. The Bertz CT molecular complexity index is 226. The maximum Gasteiger partial charge on any atom is 0.131 e. The van der Waals surface area contributed by atoms with Crippen molar-refractivity contribution in [1.29, 1.82) is 0 Å².